The number of rotatable bonds is 8. The Kier molecular flexibility index (Phi) is 6.13. The van der Waals surface area contributed by atoms with Crippen LogP contribution in [0.15, 0.2) is 46.7 Å². The van der Waals surface area contributed by atoms with Gasteiger partial charge in [0.25, 0.3) is 11.8 Å². The number of aliphatic hydroxyl groups excluding tert-OH is 1. The fourth-order valence-corrected chi connectivity index (χ4v) is 4.28. The molecule has 0 saturated carbocycles. The Bertz CT molecular complexity index is 830. The van der Waals surface area contributed by atoms with Gasteiger partial charge in [0.05, 0.1) is 29.4 Å². The van der Waals surface area contributed by atoms with E-state index in [-0.39, 0.29) is 18.4 Å². The highest BCUT2D eigenvalue weighted by atomic mass is 32.2. The lowest BCUT2D eigenvalue weighted by atomic mass is 10.2. The molecule has 2 heterocycles. The molecule has 0 atom stereocenters. The Morgan fingerprint density at radius 1 is 1.19 bits per heavy atom. The molecule has 2 aromatic rings. The van der Waals surface area contributed by atoms with Crippen LogP contribution in [0, 0.1) is 0 Å². The number of benzene rings is 1. The molecule has 1 aromatic heterocycles. The molecule has 136 valence electrons. The first-order chi connectivity index (χ1) is 12.7. The van der Waals surface area contributed by atoms with Crippen molar-refractivity contribution in [2.45, 2.75) is 13.3 Å². The third kappa shape index (κ3) is 3.70. The maximum Gasteiger partial charge on any atom is 0.272 e. The Balaban J connectivity index is 1.96. The summed E-state index contributed by atoms with van der Waals surface area (Å²) >= 11 is 2.63. The molecular formula is C19H19NO4S2. The second-order valence-electron chi connectivity index (χ2n) is 5.55. The van der Waals surface area contributed by atoms with E-state index in [4.69, 9.17) is 9.84 Å². The van der Waals surface area contributed by atoms with E-state index >= 15 is 0 Å². The molecule has 0 fully saturated rings. The van der Waals surface area contributed by atoms with Gasteiger partial charge in [-0.2, -0.15) is 0 Å². The number of ether oxygens (including phenoxy) is 1. The van der Waals surface area contributed by atoms with E-state index in [1.54, 1.807) is 24.3 Å². The van der Waals surface area contributed by atoms with E-state index in [9.17, 15) is 9.59 Å². The SMILES string of the molecule is CCCOc1cccc(N2C(=O)C(SCCO)=C(c3cccs3)C2=O)c1. The van der Waals surface area contributed by atoms with Crippen LogP contribution in [0.2, 0.25) is 0 Å². The van der Waals surface area contributed by atoms with E-state index < -0.39 is 0 Å². The molecule has 0 aliphatic carbocycles. The summed E-state index contributed by atoms with van der Waals surface area (Å²) in [5, 5.41) is 11.0. The number of amides is 2. The van der Waals surface area contributed by atoms with Crippen molar-refractivity contribution in [1.29, 1.82) is 0 Å². The molecule has 0 bridgehead atoms. The highest BCUT2D eigenvalue weighted by Crippen LogP contribution is 2.40. The number of carbonyl (C=O) groups is 2. The summed E-state index contributed by atoms with van der Waals surface area (Å²) in [6.07, 6.45) is 0.873. The first-order valence-corrected chi connectivity index (χ1v) is 10.2. The molecule has 1 N–H and O–H groups in total. The largest absolute Gasteiger partial charge is 0.494 e. The monoisotopic (exact) mass is 389 g/mol. The first kappa shape index (κ1) is 18.7. The summed E-state index contributed by atoms with van der Waals surface area (Å²) in [4.78, 5) is 28.3. The Morgan fingerprint density at radius 2 is 2.04 bits per heavy atom. The number of imide groups is 1. The van der Waals surface area contributed by atoms with E-state index in [1.165, 1.54) is 28.0 Å². The molecule has 0 unspecified atom stereocenters. The highest BCUT2D eigenvalue weighted by Gasteiger charge is 2.40. The van der Waals surface area contributed by atoms with Crippen molar-refractivity contribution in [2.75, 3.05) is 23.9 Å². The summed E-state index contributed by atoms with van der Waals surface area (Å²) in [5.74, 6) is 0.283. The van der Waals surface area contributed by atoms with Crippen molar-refractivity contribution in [2.24, 2.45) is 0 Å². The molecule has 3 rings (SSSR count). The van der Waals surface area contributed by atoms with Gasteiger partial charge in [-0.1, -0.05) is 19.1 Å². The van der Waals surface area contributed by atoms with Crippen LogP contribution in [0.25, 0.3) is 5.57 Å². The molecule has 26 heavy (non-hydrogen) atoms. The van der Waals surface area contributed by atoms with Crippen molar-refractivity contribution in [1.82, 2.24) is 0 Å². The minimum Gasteiger partial charge on any atom is -0.494 e. The normalized spacial score (nSPS) is 14.5. The standard InChI is InChI=1S/C19H19NO4S2/c1-2-9-24-14-6-3-5-13(12-14)20-18(22)16(15-7-4-10-25-15)17(19(20)23)26-11-8-21/h3-7,10,12,21H,2,8-9,11H2,1H3. The quantitative estimate of drug-likeness (QED) is 0.700. The Labute approximate surface area is 160 Å². The number of thioether (sulfide) groups is 1. The van der Waals surface area contributed by atoms with Gasteiger partial charge in [-0.05, 0) is 30.0 Å². The second kappa shape index (κ2) is 8.53. The van der Waals surface area contributed by atoms with E-state index in [1.807, 2.05) is 24.4 Å². The summed E-state index contributed by atoms with van der Waals surface area (Å²) < 4.78 is 5.62. The van der Waals surface area contributed by atoms with Gasteiger partial charge in [0.15, 0.2) is 0 Å². The van der Waals surface area contributed by atoms with Crippen LogP contribution >= 0.6 is 23.1 Å². The summed E-state index contributed by atoms with van der Waals surface area (Å²) in [7, 11) is 0. The van der Waals surface area contributed by atoms with Crippen LogP contribution in [0.4, 0.5) is 5.69 Å². The zero-order chi connectivity index (χ0) is 18.5. The molecule has 0 saturated heterocycles. The molecule has 2 amide bonds. The van der Waals surface area contributed by atoms with Gasteiger partial charge in [0.1, 0.15) is 5.75 Å². The predicted molar refractivity (Wildman–Crippen MR) is 106 cm³/mol. The molecule has 1 aliphatic rings. The summed E-state index contributed by atoms with van der Waals surface area (Å²) in [5.41, 5.74) is 0.894. The lowest BCUT2D eigenvalue weighted by molar-refractivity contribution is -0.119. The average molecular weight is 389 g/mol. The zero-order valence-electron chi connectivity index (χ0n) is 14.3. The molecule has 7 heteroatoms. The Morgan fingerprint density at radius 3 is 2.73 bits per heavy atom. The number of aliphatic hydroxyl groups is 1. The van der Waals surface area contributed by atoms with Gasteiger partial charge in [-0.15, -0.1) is 23.1 Å². The van der Waals surface area contributed by atoms with Gasteiger partial charge in [-0.25, -0.2) is 4.90 Å². The van der Waals surface area contributed by atoms with Gasteiger partial charge >= 0.3 is 0 Å². The number of carbonyl (C=O) groups excluding carboxylic acids is 2. The lowest BCUT2D eigenvalue weighted by Gasteiger charge is -2.16. The van der Waals surface area contributed by atoms with Crippen LogP contribution in [0.1, 0.15) is 18.2 Å². The first-order valence-electron chi connectivity index (χ1n) is 8.30. The lowest BCUT2D eigenvalue weighted by Crippen LogP contribution is -2.31. The number of thiophene rings is 1. The number of nitrogens with zero attached hydrogens (tertiary/aromatic N) is 1. The topological polar surface area (TPSA) is 66.8 Å². The van der Waals surface area contributed by atoms with E-state index in [0.717, 1.165) is 11.3 Å². The van der Waals surface area contributed by atoms with Crippen molar-refractivity contribution in [3.63, 3.8) is 0 Å². The molecular weight excluding hydrogens is 370 g/mol. The number of anilines is 1. The van der Waals surface area contributed by atoms with Crippen molar-refractivity contribution in [3.05, 3.63) is 51.6 Å². The van der Waals surface area contributed by atoms with Crippen LogP contribution in [0.5, 0.6) is 5.75 Å². The predicted octanol–water partition coefficient (Wildman–Crippen LogP) is 3.55. The van der Waals surface area contributed by atoms with Gasteiger partial charge in [-0.3, -0.25) is 9.59 Å². The van der Waals surface area contributed by atoms with Crippen molar-refractivity contribution < 1.29 is 19.4 Å². The molecule has 5 nitrogen and oxygen atoms in total. The van der Waals surface area contributed by atoms with E-state index in [2.05, 4.69) is 0 Å². The average Bonchev–Trinajstić information content (AvgIpc) is 3.25. The highest BCUT2D eigenvalue weighted by molar-refractivity contribution is 8.04. The minimum absolute atomic E-state index is 0.0618. The molecule has 1 aromatic carbocycles. The maximum atomic E-state index is 13.1. The second-order valence-corrected chi connectivity index (χ2v) is 7.60. The van der Waals surface area contributed by atoms with Crippen LogP contribution in [0.3, 0.4) is 0 Å². The summed E-state index contributed by atoms with van der Waals surface area (Å²) in [6.45, 7) is 2.52. The fraction of sp³-hybridized carbons (Fsp3) is 0.263. The van der Waals surface area contributed by atoms with Crippen molar-refractivity contribution in [3.8, 4) is 5.75 Å². The van der Waals surface area contributed by atoms with E-state index in [0.29, 0.717) is 34.3 Å². The summed E-state index contributed by atoms with van der Waals surface area (Å²) in [6, 6.07) is 10.7. The molecule has 1 aliphatic heterocycles. The van der Waals surface area contributed by atoms with Crippen LogP contribution in [-0.2, 0) is 9.59 Å². The smallest absolute Gasteiger partial charge is 0.272 e. The third-order valence-corrected chi connectivity index (χ3v) is 5.64. The zero-order valence-corrected chi connectivity index (χ0v) is 15.9. The fourth-order valence-electron chi connectivity index (χ4n) is 2.60. The van der Waals surface area contributed by atoms with Crippen LogP contribution < -0.4 is 9.64 Å². The van der Waals surface area contributed by atoms with Gasteiger partial charge in [0.2, 0.25) is 0 Å². The Hall–Kier alpha value is -2.09. The van der Waals surface area contributed by atoms with Gasteiger partial charge in [0, 0.05) is 16.7 Å². The maximum absolute atomic E-state index is 13.1. The number of hydrogen-bond donors (Lipinski definition) is 1. The molecule has 0 radical (unpaired) electrons. The van der Waals surface area contributed by atoms with Gasteiger partial charge < -0.3 is 9.84 Å². The van der Waals surface area contributed by atoms with Crippen LogP contribution in [-0.4, -0.2) is 35.9 Å². The number of hydrogen-bond acceptors (Lipinski definition) is 6. The molecule has 0 spiro atoms. The van der Waals surface area contributed by atoms with Crippen molar-refractivity contribution >= 4 is 46.2 Å². The third-order valence-electron chi connectivity index (χ3n) is 3.70. The minimum atomic E-state index is -0.357.